The Morgan fingerprint density at radius 2 is 2.06 bits per heavy atom. The Morgan fingerprint density at radius 3 is 2.50 bits per heavy atom. The minimum absolute atomic E-state index is 0.120. The molecule has 1 atom stereocenters. The zero-order chi connectivity index (χ0) is 13.9. The van der Waals surface area contributed by atoms with Crippen LogP contribution in [0.3, 0.4) is 0 Å². The molecule has 100 valence electrons. The molecular formula is C12H13F3O3. The summed E-state index contributed by atoms with van der Waals surface area (Å²) in [5.41, 5.74) is -1.98. The number of ether oxygens (including phenoxy) is 1. The fourth-order valence-corrected chi connectivity index (χ4v) is 1.34. The molecule has 1 aromatic rings. The molecule has 0 spiro atoms. The zero-order valence-electron chi connectivity index (χ0n) is 9.91. The Bertz CT molecular complexity index is 441. The highest BCUT2D eigenvalue weighted by molar-refractivity contribution is 5.90. The normalized spacial score (nSPS) is 13.2. The van der Waals surface area contributed by atoms with Gasteiger partial charge in [-0.2, -0.15) is 13.2 Å². The van der Waals surface area contributed by atoms with Crippen LogP contribution in [0.25, 0.3) is 0 Å². The van der Waals surface area contributed by atoms with Gasteiger partial charge >= 0.3 is 12.1 Å². The molecule has 3 nitrogen and oxygen atoms in total. The minimum atomic E-state index is -4.69. The van der Waals surface area contributed by atoms with Crippen LogP contribution >= 0.6 is 0 Å². The van der Waals surface area contributed by atoms with Gasteiger partial charge in [-0.3, -0.25) is 0 Å². The first-order valence-electron chi connectivity index (χ1n) is 5.37. The second-order valence-corrected chi connectivity index (χ2v) is 3.85. The summed E-state index contributed by atoms with van der Waals surface area (Å²) in [6.07, 6.45) is -4.21. The molecule has 0 radical (unpaired) electrons. The first-order chi connectivity index (χ1) is 8.25. The number of carbonyl (C=O) groups is 1. The number of rotatable bonds is 4. The quantitative estimate of drug-likeness (QED) is 0.902. The molecule has 1 rings (SSSR count). The Balaban J connectivity index is 3.16. The third-order valence-electron chi connectivity index (χ3n) is 2.44. The lowest BCUT2D eigenvalue weighted by Gasteiger charge is -2.15. The largest absolute Gasteiger partial charge is 0.491 e. The molecule has 0 aliphatic rings. The van der Waals surface area contributed by atoms with E-state index in [9.17, 15) is 18.0 Å². The van der Waals surface area contributed by atoms with Gasteiger partial charge in [-0.05, 0) is 31.5 Å². The maximum atomic E-state index is 12.6. The number of aromatic carboxylic acids is 1. The van der Waals surface area contributed by atoms with E-state index in [2.05, 4.69) is 0 Å². The van der Waals surface area contributed by atoms with Gasteiger partial charge in [0, 0.05) is 0 Å². The SMILES string of the molecule is CCC(C)Oc1ccc(C(F)(F)F)c(C(=O)O)c1. The predicted octanol–water partition coefficient (Wildman–Crippen LogP) is 3.58. The van der Waals surface area contributed by atoms with Gasteiger partial charge in [-0.15, -0.1) is 0 Å². The zero-order valence-corrected chi connectivity index (χ0v) is 9.91. The molecular weight excluding hydrogens is 249 g/mol. The highest BCUT2D eigenvalue weighted by atomic mass is 19.4. The van der Waals surface area contributed by atoms with Gasteiger partial charge in [0.15, 0.2) is 0 Å². The average molecular weight is 262 g/mol. The Kier molecular flexibility index (Phi) is 4.21. The summed E-state index contributed by atoms with van der Waals surface area (Å²) in [6, 6.07) is 2.75. The van der Waals surface area contributed by atoms with Crippen molar-refractivity contribution in [3.05, 3.63) is 29.3 Å². The van der Waals surface area contributed by atoms with Crippen LogP contribution in [0.4, 0.5) is 13.2 Å². The number of benzene rings is 1. The highest BCUT2D eigenvalue weighted by Gasteiger charge is 2.35. The summed E-state index contributed by atoms with van der Waals surface area (Å²) in [7, 11) is 0. The summed E-state index contributed by atoms with van der Waals surface area (Å²) in [5, 5.41) is 8.79. The summed E-state index contributed by atoms with van der Waals surface area (Å²) >= 11 is 0. The molecule has 0 aliphatic carbocycles. The van der Waals surface area contributed by atoms with E-state index >= 15 is 0 Å². The van der Waals surface area contributed by atoms with Crippen molar-refractivity contribution in [2.45, 2.75) is 32.5 Å². The van der Waals surface area contributed by atoms with Crippen molar-refractivity contribution in [2.24, 2.45) is 0 Å². The third-order valence-corrected chi connectivity index (χ3v) is 2.44. The molecule has 0 aliphatic heterocycles. The van der Waals surface area contributed by atoms with Crippen LogP contribution in [-0.4, -0.2) is 17.2 Å². The number of carboxylic acid groups (broad SMARTS) is 1. The van der Waals surface area contributed by atoms with Crippen LogP contribution < -0.4 is 4.74 Å². The monoisotopic (exact) mass is 262 g/mol. The van der Waals surface area contributed by atoms with Crippen molar-refractivity contribution < 1.29 is 27.8 Å². The molecule has 1 unspecified atom stereocenters. The van der Waals surface area contributed by atoms with Crippen LogP contribution in [0.1, 0.15) is 36.2 Å². The summed E-state index contributed by atoms with van der Waals surface area (Å²) in [6.45, 7) is 3.60. The molecule has 0 bridgehead atoms. The first-order valence-corrected chi connectivity index (χ1v) is 5.37. The molecule has 0 amide bonds. The number of halogens is 3. The molecule has 0 aromatic heterocycles. The Labute approximate surface area is 102 Å². The van der Waals surface area contributed by atoms with E-state index in [1.807, 2.05) is 6.92 Å². The molecule has 0 fully saturated rings. The maximum absolute atomic E-state index is 12.6. The van der Waals surface area contributed by atoms with Gasteiger partial charge in [-0.25, -0.2) is 4.79 Å². The number of hydrogen-bond donors (Lipinski definition) is 1. The van der Waals surface area contributed by atoms with Gasteiger partial charge in [0.05, 0.1) is 17.2 Å². The number of carboxylic acids is 1. The molecule has 0 saturated heterocycles. The lowest BCUT2D eigenvalue weighted by atomic mass is 10.1. The highest BCUT2D eigenvalue weighted by Crippen LogP contribution is 2.34. The summed E-state index contributed by atoms with van der Waals surface area (Å²) < 4.78 is 43.0. The van der Waals surface area contributed by atoms with Gasteiger partial charge in [0.1, 0.15) is 5.75 Å². The molecule has 0 heterocycles. The summed E-state index contributed by atoms with van der Waals surface area (Å²) in [5.74, 6) is -1.51. The fourth-order valence-electron chi connectivity index (χ4n) is 1.34. The topological polar surface area (TPSA) is 46.5 Å². The first kappa shape index (κ1) is 14.3. The van der Waals surface area contributed by atoms with Crippen LogP contribution in [0.5, 0.6) is 5.75 Å². The van der Waals surface area contributed by atoms with Gasteiger partial charge in [0.25, 0.3) is 0 Å². The third kappa shape index (κ3) is 3.38. The fraction of sp³-hybridized carbons (Fsp3) is 0.417. The van der Waals surface area contributed by atoms with Crippen LogP contribution in [0, 0.1) is 0 Å². The van der Waals surface area contributed by atoms with E-state index in [-0.39, 0.29) is 11.9 Å². The van der Waals surface area contributed by atoms with Crippen molar-refractivity contribution in [1.29, 1.82) is 0 Å². The molecule has 18 heavy (non-hydrogen) atoms. The smallest absolute Gasteiger partial charge is 0.417 e. The molecule has 0 saturated carbocycles. The molecule has 1 N–H and O–H groups in total. The van der Waals surface area contributed by atoms with Gasteiger partial charge in [0.2, 0.25) is 0 Å². The van der Waals surface area contributed by atoms with Crippen molar-refractivity contribution in [2.75, 3.05) is 0 Å². The van der Waals surface area contributed by atoms with E-state index in [4.69, 9.17) is 9.84 Å². The average Bonchev–Trinajstić information content (AvgIpc) is 2.27. The van der Waals surface area contributed by atoms with E-state index < -0.39 is 23.3 Å². The molecule has 1 aromatic carbocycles. The Hall–Kier alpha value is -1.72. The number of alkyl halides is 3. The van der Waals surface area contributed by atoms with E-state index in [0.29, 0.717) is 6.42 Å². The van der Waals surface area contributed by atoms with E-state index in [0.717, 1.165) is 18.2 Å². The second-order valence-electron chi connectivity index (χ2n) is 3.85. The van der Waals surface area contributed by atoms with Crippen LogP contribution in [-0.2, 0) is 6.18 Å². The van der Waals surface area contributed by atoms with Crippen LogP contribution in [0.15, 0.2) is 18.2 Å². The molecule has 6 heteroatoms. The maximum Gasteiger partial charge on any atom is 0.417 e. The second kappa shape index (κ2) is 5.29. The standard InChI is InChI=1S/C12H13F3O3/c1-3-7(2)18-8-4-5-10(12(13,14)15)9(6-8)11(16)17/h4-7H,3H2,1-2H3,(H,16,17). The van der Waals surface area contributed by atoms with Crippen molar-refractivity contribution in [3.63, 3.8) is 0 Å². The van der Waals surface area contributed by atoms with E-state index in [1.54, 1.807) is 6.92 Å². The predicted molar refractivity (Wildman–Crippen MR) is 58.8 cm³/mol. The Morgan fingerprint density at radius 1 is 1.44 bits per heavy atom. The summed E-state index contributed by atoms with van der Waals surface area (Å²) in [4.78, 5) is 10.8. The number of hydrogen-bond acceptors (Lipinski definition) is 2. The van der Waals surface area contributed by atoms with Gasteiger partial charge in [-0.1, -0.05) is 6.92 Å². The lowest BCUT2D eigenvalue weighted by Crippen LogP contribution is -2.14. The minimum Gasteiger partial charge on any atom is -0.491 e. The lowest BCUT2D eigenvalue weighted by molar-refractivity contribution is -0.138. The van der Waals surface area contributed by atoms with Crippen molar-refractivity contribution in [3.8, 4) is 5.75 Å². The van der Waals surface area contributed by atoms with Crippen molar-refractivity contribution in [1.82, 2.24) is 0 Å². The van der Waals surface area contributed by atoms with E-state index in [1.165, 1.54) is 0 Å². The van der Waals surface area contributed by atoms with Gasteiger partial charge < -0.3 is 9.84 Å². The van der Waals surface area contributed by atoms with Crippen LogP contribution in [0.2, 0.25) is 0 Å². The van der Waals surface area contributed by atoms with Crippen molar-refractivity contribution >= 4 is 5.97 Å².